The third-order valence-corrected chi connectivity index (χ3v) is 4.72. The molecule has 11 heteroatoms. The first-order valence-electron chi connectivity index (χ1n) is 9.91. The number of ether oxygens (including phenoxy) is 3. The van der Waals surface area contributed by atoms with E-state index in [1.54, 1.807) is 10.7 Å². The Balaban J connectivity index is 1.75. The summed E-state index contributed by atoms with van der Waals surface area (Å²) in [5.74, 6) is 1.42. The van der Waals surface area contributed by atoms with Crippen LogP contribution in [-0.2, 0) is 13.6 Å². The molecule has 1 unspecified atom stereocenters. The van der Waals surface area contributed by atoms with Gasteiger partial charge in [0.2, 0.25) is 6.79 Å². The highest BCUT2D eigenvalue weighted by molar-refractivity contribution is 5.79. The minimum atomic E-state index is -2.95. The number of aryl methyl sites for hydroxylation is 1. The standard InChI is InChI=1S/C20H28F2N6O3/c1-5-23-20(25-10-15(27(2)3)14-9-26-28(4)11-14)24-8-13-6-17-18(30-12-29-17)7-16(13)31-19(21)22/h6-7,9,11,15,19H,5,8,10,12H2,1-4H3,(H2,23,24,25). The van der Waals surface area contributed by atoms with E-state index < -0.39 is 6.61 Å². The fraction of sp³-hybridized carbons (Fsp3) is 0.500. The Labute approximate surface area is 180 Å². The van der Waals surface area contributed by atoms with Crippen molar-refractivity contribution >= 4 is 5.96 Å². The van der Waals surface area contributed by atoms with Crippen molar-refractivity contribution in [3.8, 4) is 17.2 Å². The Morgan fingerprint density at radius 2 is 2.03 bits per heavy atom. The van der Waals surface area contributed by atoms with E-state index >= 15 is 0 Å². The molecular weight excluding hydrogens is 410 g/mol. The Bertz CT molecular complexity index is 903. The van der Waals surface area contributed by atoms with Crippen LogP contribution in [0.5, 0.6) is 17.2 Å². The Kier molecular flexibility index (Phi) is 7.50. The van der Waals surface area contributed by atoms with E-state index in [2.05, 4.69) is 30.4 Å². The van der Waals surface area contributed by atoms with Gasteiger partial charge < -0.3 is 29.7 Å². The predicted octanol–water partition coefficient (Wildman–Crippen LogP) is 2.11. The first-order chi connectivity index (χ1) is 14.9. The fourth-order valence-corrected chi connectivity index (χ4v) is 3.20. The fourth-order valence-electron chi connectivity index (χ4n) is 3.20. The summed E-state index contributed by atoms with van der Waals surface area (Å²) >= 11 is 0. The SMILES string of the molecule is CCNC(=NCc1cc2c(cc1OC(F)F)OCO2)NCC(c1cnn(C)c1)N(C)C. The maximum atomic E-state index is 12.9. The van der Waals surface area contributed by atoms with Crippen LogP contribution in [-0.4, -0.2) is 61.2 Å². The van der Waals surface area contributed by atoms with Gasteiger partial charge in [-0.15, -0.1) is 0 Å². The average molecular weight is 438 g/mol. The lowest BCUT2D eigenvalue weighted by Crippen LogP contribution is -2.41. The zero-order valence-corrected chi connectivity index (χ0v) is 18.1. The molecule has 2 aromatic rings. The number of fused-ring (bicyclic) bond motifs is 1. The smallest absolute Gasteiger partial charge is 0.387 e. The topological polar surface area (TPSA) is 85.2 Å². The summed E-state index contributed by atoms with van der Waals surface area (Å²) in [6.45, 7) is 0.385. The van der Waals surface area contributed by atoms with Crippen LogP contribution in [0.4, 0.5) is 8.78 Å². The highest BCUT2D eigenvalue weighted by Crippen LogP contribution is 2.39. The van der Waals surface area contributed by atoms with Gasteiger partial charge in [0.05, 0.1) is 18.8 Å². The number of hydrogen-bond acceptors (Lipinski definition) is 6. The monoisotopic (exact) mass is 438 g/mol. The molecule has 31 heavy (non-hydrogen) atoms. The van der Waals surface area contributed by atoms with Gasteiger partial charge in [-0.05, 0) is 27.1 Å². The average Bonchev–Trinajstić information content (AvgIpc) is 3.33. The second kappa shape index (κ2) is 10.3. The third-order valence-electron chi connectivity index (χ3n) is 4.72. The molecule has 2 heterocycles. The van der Waals surface area contributed by atoms with Gasteiger partial charge in [-0.3, -0.25) is 4.68 Å². The number of alkyl halides is 2. The number of aromatic nitrogens is 2. The van der Waals surface area contributed by atoms with Gasteiger partial charge in [0.1, 0.15) is 5.75 Å². The quantitative estimate of drug-likeness (QED) is 0.458. The number of hydrogen-bond donors (Lipinski definition) is 2. The molecule has 1 aromatic carbocycles. The minimum absolute atomic E-state index is 0.0142. The number of nitrogens with one attached hydrogen (secondary N) is 2. The summed E-state index contributed by atoms with van der Waals surface area (Å²) < 4.78 is 42.7. The van der Waals surface area contributed by atoms with Crippen LogP contribution in [0.3, 0.4) is 0 Å². The number of nitrogens with zero attached hydrogens (tertiary/aromatic N) is 4. The maximum Gasteiger partial charge on any atom is 0.387 e. The van der Waals surface area contributed by atoms with Gasteiger partial charge in [-0.25, -0.2) is 4.99 Å². The van der Waals surface area contributed by atoms with E-state index in [0.29, 0.717) is 36.1 Å². The Morgan fingerprint density at radius 1 is 1.29 bits per heavy atom. The molecule has 0 amide bonds. The van der Waals surface area contributed by atoms with Crippen molar-refractivity contribution < 1.29 is 23.0 Å². The number of benzene rings is 1. The summed E-state index contributed by atoms with van der Waals surface area (Å²) in [7, 11) is 5.85. The molecular formula is C20H28F2N6O3. The van der Waals surface area contributed by atoms with Crippen molar-refractivity contribution in [1.29, 1.82) is 0 Å². The zero-order chi connectivity index (χ0) is 22.4. The van der Waals surface area contributed by atoms with Crippen LogP contribution in [0.2, 0.25) is 0 Å². The molecule has 0 saturated heterocycles. The summed E-state index contributed by atoms with van der Waals surface area (Å²) in [6, 6.07) is 3.09. The van der Waals surface area contributed by atoms with Crippen molar-refractivity contribution in [2.75, 3.05) is 34.0 Å². The van der Waals surface area contributed by atoms with Gasteiger partial charge >= 0.3 is 6.61 Å². The largest absolute Gasteiger partial charge is 0.454 e. The molecule has 1 aliphatic heterocycles. The van der Waals surface area contributed by atoms with Crippen molar-refractivity contribution in [2.45, 2.75) is 26.1 Å². The molecule has 0 radical (unpaired) electrons. The minimum Gasteiger partial charge on any atom is -0.454 e. The predicted molar refractivity (Wildman–Crippen MR) is 112 cm³/mol. The maximum absolute atomic E-state index is 12.9. The van der Waals surface area contributed by atoms with Crippen LogP contribution in [0.1, 0.15) is 24.1 Å². The van der Waals surface area contributed by atoms with E-state index in [-0.39, 0.29) is 25.1 Å². The molecule has 0 aliphatic carbocycles. The first-order valence-corrected chi connectivity index (χ1v) is 9.91. The molecule has 170 valence electrons. The van der Waals surface area contributed by atoms with Crippen LogP contribution < -0.4 is 24.8 Å². The van der Waals surface area contributed by atoms with Crippen molar-refractivity contribution in [3.63, 3.8) is 0 Å². The molecule has 9 nitrogen and oxygen atoms in total. The summed E-state index contributed by atoms with van der Waals surface area (Å²) in [5, 5.41) is 10.7. The van der Waals surface area contributed by atoms with Gasteiger partial charge in [0.15, 0.2) is 17.5 Å². The second-order valence-electron chi connectivity index (χ2n) is 7.19. The van der Waals surface area contributed by atoms with E-state index in [1.165, 1.54) is 6.07 Å². The molecule has 0 fully saturated rings. The van der Waals surface area contributed by atoms with Gasteiger partial charge in [0, 0.05) is 43.5 Å². The van der Waals surface area contributed by atoms with Crippen molar-refractivity contribution in [3.05, 3.63) is 35.7 Å². The zero-order valence-electron chi connectivity index (χ0n) is 18.1. The molecule has 1 aromatic heterocycles. The lowest BCUT2D eigenvalue weighted by Gasteiger charge is -2.24. The first kappa shape index (κ1) is 22.6. The highest BCUT2D eigenvalue weighted by atomic mass is 19.3. The van der Waals surface area contributed by atoms with Gasteiger partial charge in [0.25, 0.3) is 0 Å². The third kappa shape index (κ3) is 5.97. The Morgan fingerprint density at radius 3 is 2.65 bits per heavy atom. The molecule has 0 bridgehead atoms. The normalized spacial score (nSPS) is 14.3. The number of rotatable bonds is 9. The molecule has 0 saturated carbocycles. The van der Waals surface area contributed by atoms with Crippen molar-refractivity contribution in [1.82, 2.24) is 25.3 Å². The van der Waals surface area contributed by atoms with E-state index in [1.807, 2.05) is 40.5 Å². The number of aliphatic imine (C=N–C) groups is 1. The van der Waals surface area contributed by atoms with Crippen molar-refractivity contribution in [2.24, 2.45) is 12.0 Å². The molecule has 1 atom stereocenters. The van der Waals surface area contributed by atoms with E-state index in [0.717, 1.165) is 5.56 Å². The molecule has 3 rings (SSSR count). The summed E-state index contributed by atoms with van der Waals surface area (Å²) in [6.07, 6.45) is 3.80. The summed E-state index contributed by atoms with van der Waals surface area (Å²) in [4.78, 5) is 6.62. The lowest BCUT2D eigenvalue weighted by atomic mass is 10.1. The molecule has 2 N–H and O–H groups in total. The second-order valence-corrected chi connectivity index (χ2v) is 7.19. The lowest BCUT2D eigenvalue weighted by molar-refractivity contribution is -0.0505. The molecule has 1 aliphatic rings. The number of guanidine groups is 1. The Hall–Kier alpha value is -3.08. The van der Waals surface area contributed by atoms with Gasteiger partial charge in [-0.1, -0.05) is 0 Å². The van der Waals surface area contributed by atoms with Crippen LogP contribution in [0.15, 0.2) is 29.5 Å². The van der Waals surface area contributed by atoms with Crippen LogP contribution >= 0.6 is 0 Å². The highest BCUT2D eigenvalue weighted by Gasteiger charge is 2.20. The van der Waals surface area contributed by atoms with Crippen LogP contribution in [0.25, 0.3) is 0 Å². The number of halogens is 2. The van der Waals surface area contributed by atoms with Crippen LogP contribution in [0, 0.1) is 0 Å². The number of likely N-dealkylation sites (N-methyl/N-ethyl adjacent to an activating group) is 1. The summed E-state index contributed by atoms with van der Waals surface area (Å²) in [5.41, 5.74) is 1.54. The molecule has 0 spiro atoms. The van der Waals surface area contributed by atoms with Gasteiger partial charge in [-0.2, -0.15) is 13.9 Å². The van der Waals surface area contributed by atoms with E-state index in [9.17, 15) is 8.78 Å². The van der Waals surface area contributed by atoms with E-state index in [4.69, 9.17) is 9.47 Å².